The summed E-state index contributed by atoms with van der Waals surface area (Å²) < 4.78 is 28.8. The average molecular weight is 353 g/mol. The van der Waals surface area contributed by atoms with Gasteiger partial charge in [-0.3, -0.25) is 0 Å². The van der Waals surface area contributed by atoms with Gasteiger partial charge < -0.3 is 5.11 Å². The Bertz CT molecular complexity index is 741. The molecule has 0 unspecified atom stereocenters. The second kappa shape index (κ2) is 5.76. The maximum atomic E-state index is 12.2. The smallest absolute Gasteiger partial charge is 0.282 e. The lowest BCUT2D eigenvalue weighted by Crippen LogP contribution is -2.09. The van der Waals surface area contributed by atoms with Crippen molar-refractivity contribution in [2.45, 2.75) is 11.8 Å². The number of hydrogen-bond donors (Lipinski definition) is 0. The Kier molecular flexibility index (Phi) is 4.25. The number of sulfonamides is 1. The molecule has 6 heteroatoms. The van der Waals surface area contributed by atoms with Gasteiger partial charge in [-0.25, -0.2) is 0 Å². The van der Waals surface area contributed by atoms with Gasteiger partial charge in [-0.15, -0.1) is 6.26 Å². The largest absolute Gasteiger partial charge is 0.877 e. The van der Waals surface area contributed by atoms with Gasteiger partial charge in [-0.2, -0.15) is 12.8 Å². The van der Waals surface area contributed by atoms with Crippen LogP contribution in [0.3, 0.4) is 0 Å². The maximum Gasteiger partial charge on any atom is 0.282 e. The fraction of sp³-hybridized carbons (Fsp3) is 0.0714. The lowest BCUT2D eigenvalue weighted by molar-refractivity contribution is -0.275. The Morgan fingerprint density at radius 1 is 1.20 bits per heavy atom. The molecule has 0 aliphatic heterocycles. The van der Waals surface area contributed by atoms with Gasteiger partial charge in [0.2, 0.25) is 0 Å². The van der Waals surface area contributed by atoms with E-state index < -0.39 is 10.0 Å². The molecule has 0 bridgehead atoms. The van der Waals surface area contributed by atoms with Gasteiger partial charge in [0, 0.05) is 4.48 Å². The molecule has 0 amide bonds. The first-order valence-electron chi connectivity index (χ1n) is 5.72. The number of halogens is 1. The van der Waals surface area contributed by atoms with Crippen LogP contribution in [-0.4, -0.2) is 14.1 Å². The minimum atomic E-state index is -3.82. The quantitative estimate of drug-likeness (QED) is 0.766. The zero-order valence-corrected chi connectivity index (χ0v) is 13.0. The van der Waals surface area contributed by atoms with Crippen molar-refractivity contribution in [1.82, 2.24) is 0 Å². The van der Waals surface area contributed by atoms with Crippen molar-refractivity contribution in [2.24, 2.45) is 4.40 Å². The fourth-order valence-electron chi connectivity index (χ4n) is 1.60. The summed E-state index contributed by atoms with van der Waals surface area (Å²) in [6.45, 7) is 1.87. The number of benzene rings is 1. The van der Waals surface area contributed by atoms with Gasteiger partial charge in [-0.05, 0) is 42.9 Å². The first-order valence-corrected chi connectivity index (χ1v) is 7.95. The van der Waals surface area contributed by atoms with Crippen molar-refractivity contribution in [3.8, 4) is 0 Å². The summed E-state index contributed by atoms with van der Waals surface area (Å²) in [6.07, 6.45) is 5.22. The van der Waals surface area contributed by atoms with Crippen LogP contribution >= 0.6 is 15.9 Å². The van der Waals surface area contributed by atoms with Gasteiger partial charge in [0.25, 0.3) is 10.0 Å². The molecule has 1 aliphatic rings. The first kappa shape index (κ1) is 14.7. The summed E-state index contributed by atoms with van der Waals surface area (Å²) in [6, 6.07) is 6.39. The van der Waals surface area contributed by atoms with Crippen molar-refractivity contribution in [3.63, 3.8) is 0 Å². The second-order valence-electron chi connectivity index (χ2n) is 4.20. The monoisotopic (exact) mass is 352 g/mol. The molecule has 0 atom stereocenters. The Hall–Kier alpha value is -1.66. The molecule has 0 spiro atoms. The van der Waals surface area contributed by atoms with Crippen LogP contribution in [0.1, 0.15) is 5.56 Å². The van der Waals surface area contributed by atoms with Crippen LogP contribution in [0.15, 0.2) is 68.1 Å². The van der Waals surface area contributed by atoms with Gasteiger partial charge in [0.15, 0.2) is 0 Å². The summed E-state index contributed by atoms with van der Waals surface area (Å²) in [4.78, 5) is 0.0999. The van der Waals surface area contributed by atoms with Crippen LogP contribution in [0, 0.1) is 6.92 Å². The van der Waals surface area contributed by atoms with Gasteiger partial charge >= 0.3 is 0 Å². The van der Waals surface area contributed by atoms with E-state index in [1.54, 1.807) is 18.2 Å². The zero-order valence-electron chi connectivity index (χ0n) is 10.6. The molecule has 1 aromatic rings. The molecular weight excluding hydrogens is 342 g/mol. The molecule has 1 aliphatic carbocycles. The van der Waals surface area contributed by atoms with Crippen LogP contribution in [0.4, 0.5) is 0 Å². The molecule has 0 radical (unpaired) electrons. The summed E-state index contributed by atoms with van der Waals surface area (Å²) in [5.74, 6) is 0. The highest BCUT2D eigenvalue weighted by Crippen LogP contribution is 2.21. The van der Waals surface area contributed by atoms with Crippen LogP contribution < -0.4 is 5.11 Å². The van der Waals surface area contributed by atoms with Crippen molar-refractivity contribution in [2.75, 3.05) is 0 Å². The fourth-order valence-corrected chi connectivity index (χ4v) is 2.98. The van der Waals surface area contributed by atoms with Crippen LogP contribution in [0.25, 0.3) is 0 Å². The summed E-state index contributed by atoms with van der Waals surface area (Å²) >= 11 is 3.22. The standard InChI is InChI=1S/C14H12BrNO3S/c1-10-2-5-13(6-3-10)20(18,19)16-14-7-4-12(15)8-11(14)9-17/h2-9,17H,1H3/p-1. The highest BCUT2D eigenvalue weighted by atomic mass is 79.9. The van der Waals surface area contributed by atoms with Gasteiger partial charge in [0.05, 0.1) is 10.6 Å². The van der Waals surface area contributed by atoms with Crippen molar-refractivity contribution in [1.29, 1.82) is 0 Å². The summed E-state index contributed by atoms with van der Waals surface area (Å²) in [5.41, 5.74) is 1.31. The van der Waals surface area contributed by atoms with E-state index in [0.717, 1.165) is 5.56 Å². The predicted molar refractivity (Wildman–Crippen MR) is 80.0 cm³/mol. The molecule has 0 heterocycles. The maximum absolute atomic E-state index is 12.2. The molecule has 0 saturated carbocycles. The average Bonchev–Trinajstić information content (AvgIpc) is 2.41. The number of aryl methyl sites for hydroxylation is 1. The molecule has 1 aromatic carbocycles. The Morgan fingerprint density at radius 3 is 2.45 bits per heavy atom. The summed E-state index contributed by atoms with van der Waals surface area (Å²) in [5, 5.41) is 11.0. The molecule has 0 N–H and O–H groups in total. The van der Waals surface area contributed by atoms with E-state index in [0.29, 0.717) is 10.7 Å². The van der Waals surface area contributed by atoms with Crippen LogP contribution in [-0.2, 0) is 10.0 Å². The van der Waals surface area contributed by atoms with Crippen LogP contribution in [0.2, 0.25) is 0 Å². The lowest BCUT2D eigenvalue weighted by Gasteiger charge is -2.10. The van der Waals surface area contributed by atoms with E-state index in [1.165, 1.54) is 24.3 Å². The number of rotatable bonds is 2. The highest BCUT2D eigenvalue weighted by molar-refractivity contribution is 9.11. The first-order chi connectivity index (χ1) is 9.42. The third-order valence-electron chi connectivity index (χ3n) is 2.65. The van der Waals surface area contributed by atoms with Crippen molar-refractivity contribution in [3.05, 3.63) is 64.4 Å². The minimum Gasteiger partial charge on any atom is -0.877 e. The summed E-state index contributed by atoms with van der Waals surface area (Å²) in [7, 11) is -3.82. The van der Waals surface area contributed by atoms with E-state index in [-0.39, 0.29) is 16.2 Å². The molecule has 104 valence electrons. The van der Waals surface area contributed by atoms with Crippen molar-refractivity contribution >= 4 is 31.7 Å². The molecule has 20 heavy (non-hydrogen) atoms. The Labute approximate surface area is 126 Å². The van der Waals surface area contributed by atoms with Crippen molar-refractivity contribution < 1.29 is 13.5 Å². The minimum absolute atomic E-state index is 0.0999. The van der Waals surface area contributed by atoms with E-state index in [9.17, 15) is 13.5 Å². The molecule has 4 nitrogen and oxygen atoms in total. The SMILES string of the molecule is Cc1ccc(S(=O)(=O)N=C2C=CC(Br)=CC2=C[O-])cc1. The molecule has 0 saturated heterocycles. The van der Waals surface area contributed by atoms with E-state index >= 15 is 0 Å². The van der Waals surface area contributed by atoms with E-state index in [1.807, 2.05) is 6.92 Å². The van der Waals surface area contributed by atoms with Crippen LogP contribution in [0.5, 0.6) is 0 Å². The lowest BCUT2D eigenvalue weighted by atomic mass is 10.1. The topological polar surface area (TPSA) is 69.6 Å². The number of allylic oxidation sites excluding steroid dienone is 5. The Balaban J connectivity index is 2.44. The molecule has 2 rings (SSSR count). The number of nitrogens with zero attached hydrogens (tertiary/aromatic N) is 1. The second-order valence-corrected chi connectivity index (χ2v) is 6.72. The third kappa shape index (κ3) is 3.26. The normalized spacial score (nSPS) is 19.4. The van der Waals surface area contributed by atoms with Gasteiger partial charge in [-0.1, -0.05) is 33.6 Å². The Morgan fingerprint density at radius 2 is 1.85 bits per heavy atom. The molecular formula is C14H11BrNO3S-. The van der Waals surface area contributed by atoms with E-state index in [4.69, 9.17) is 0 Å². The third-order valence-corrected chi connectivity index (χ3v) is 4.45. The zero-order chi connectivity index (χ0) is 14.8. The number of hydrogen-bond acceptors (Lipinski definition) is 3. The highest BCUT2D eigenvalue weighted by Gasteiger charge is 2.15. The molecule has 0 aromatic heterocycles. The molecule has 0 fully saturated rings. The van der Waals surface area contributed by atoms with E-state index in [2.05, 4.69) is 20.3 Å². The van der Waals surface area contributed by atoms with Gasteiger partial charge in [0.1, 0.15) is 0 Å². The predicted octanol–water partition coefficient (Wildman–Crippen LogP) is 2.22.